The van der Waals surface area contributed by atoms with Gasteiger partial charge in [0.05, 0.1) is 6.10 Å². The molecule has 0 aromatic heterocycles. The Hall–Kier alpha value is -1.09. The van der Waals surface area contributed by atoms with Gasteiger partial charge in [-0.05, 0) is 31.4 Å². The maximum Gasteiger partial charge on any atom is 0.128 e. The van der Waals surface area contributed by atoms with E-state index in [4.69, 9.17) is 4.74 Å². The zero-order valence-corrected chi connectivity index (χ0v) is 10.7. The van der Waals surface area contributed by atoms with Crippen LogP contribution < -0.4 is 4.74 Å². The number of hydrogen-bond acceptors (Lipinski definition) is 2. The minimum Gasteiger partial charge on any atom is -0.487 e. The van der Waals surface area contributed by atoms with Gasteiger partial charge in [0.2, 0.25) is 0 Å². The van der Waals surface area contributed by atoms with E-state index >= 15 is 0 Å². The van der Waals surface area contributed by atoms with Gasteiger partial charge in [0, 0.05) is 18.1 Å². The van der Waals surface area contributed by atoms with Crippen molar-refractivity contribution in [2.24, 2.45) is 5.92 Å². The molecule has 3 heteroatoms. The maximum absolute atomic E-state index is 13.3. The summed E-state index contributed by atoms with van der Waals surface area (Å²) >= 11 is 0. The van der Waals surface area contributed by atoms with Gasteiger partial charge in [-0.15, -0.1) is 0 Å². The van der Waals surface area contributed by atoms with Crippen molar-refractivity contribution in [2.75, 3.05) is 0 Å². The Labute approximate surface area is 107 Å². The second-order valence-corrected chi connectivity index (χ2v) is 5.96. The number of rotatable bonds is 2. The van der Waals surface area contributed by atoms with E-state index in [1.165, 1.54) is 31.4 Å². The van der Waals surface area contributed by atoms with Gasteiger partial charge in [0.15, 0.2) is 0 Å². The molecule has 3 rings (SSSR count). The number of aliphatic hydroxyl groups excluding tert-OH is 1. The van der Waals surface area contributed by atoms with Crippen LogP contribution in [0.2, 0.25) is 0 Å². The van der Waals surface area contributed by atoms with E-state index in [0.717, 1.165) is 6.42 Å². The summed E-state index contributed by atoms with van der Waals surface area (Å²) in [5.41, 5.74) is 0.355. The highest BCUT2D eigenvalue weighted by molar-refractivity contribution is 5.38. The first-order chi connectivity index (χ1) is 8.56. The highest BCUT2D eigenvalue weighted by Crippen LogP contribution is 2.45. The summed E-state index contributed by atoms with van der Waals surface area (Å²) in [4.78, 5) is 0. The van der Waals surface area contributed by atoms with Crippen LogP contribution in [-0.4, -0.2) is 10.7 Å². The van der Waals surface area contributed by atoms with E-state index in [0.29, 0.717) is 23.7 Å². The van der Waals surface area contributed by atoms with E-state index in [1.807, 2.05) is 6.92 Å². The summed E-state index contributed by atoms with van der Waals surface area (Å²) in [6.45, 7) is 2.03. The van der Waals surface area contributed by atoms with Crippen LogP contribution in [0, 0.1) is 11.7 Å². The molecule has 0 radical (unpaired) electrons. The number of halogens is 1. The Kier molecular flexibility index (Phi) is 2.81. The maximum atomic E-state index is 13.3. The fourth-order valence-electron chi connectivity index (χ4n) is 3.13. The Balaban J connectivity index is 1.84. The number of hydrogen-bond donors (Lipinski definition) is 1. The number of benzene rings is 1. The summed E-state index contributed by atoms with van der Waals surface area (Å²) in [7, 11) is 0. The predicted octanol–water partition coefficient (Wildman–Crippen LogP) is 3.59. The Bertz CT molecular complexity index is 456. The van der Waals surface area contributed by atoms with Crippen LogP contribution in [0.5, 0.6) is 5.75 Å². The third kappa shape index (κ3) is 2.12. The molecular weight excluding hydrogens is 231 g/mol. The molecule has 1 aromatic carbocycles. The lowest BCUT2D eigenvalue weighted by Crippen LogP contribution is -2.41. The van der Waals surface area contributed by atoms with Crippen molar-refractivity contribution in [2.45, 2.75) is 50.7 Å². The average molecular weight is 250 g/mol. The Morgan fingerprint density at radius 1 is 1.44 bits per heavy atom. The zero-order valence-electron chi connectivity index (χ0n) is 10.7. The Morgan fingerprint density at radius 2 is 2.22 bits per heavy atom. The monoisotopic (exact) mass is 250 g/mol. The molecule has 1 saturated carbocycles. The normalized spacial score (nSPS) is 31.4. The van der Waals surface area contributed by atoms with Crippen LogP contribution >= 0.6 is 0 Å². The minimum atomic E-state index is -0.542. The highest BCUT2D eigenvalue weighted by Gasteiger charge is 2.39. The van der Waals surface area contributed by atoms with E-state index in [2.05, 4.69) is 0 Å². The third-order valence-corrected chi connectivity index (χ3v) is 4.26. The molecule has 1 heterocycles. The fraction of sp³-hybridized carbons (Fsp3) is 0.600. The molecule has 1 aliphatic heterocycles. The van der Waals surface area contributed by atoms with Crippen molar-refractivity contribution >= 4 is 0 Å². The minimum absolute atomic E-state index is 0.311. The van der Waals surface area contributed by atoms with Crippen LogP contribution in [-0.2, 0) is 0 Å². The lowest BCUT2D eigenvalue weighted by molar-refractivity contribution is -0.0250. The van der Waals surface area contributed by atoms with Crippen LogP contribution in [0.25, 0.3) is 0 Å². The average Bonchev–Trinajstić information content (AvgIpc) is 2.23. The first-order valence-electron chi connectivity index (χ1n) is 6.72. The van der Waals surface area contributed by atoms with Crippen molar-refractivity contribution in [3.8, 4) is 5.75 Å². The first kappa shape index (κ1) is 12.0. The lowest BCUT2D eigenvalue weighted by Gasteiger charge is -2.42. The summed E-state index contributed by atoms with van der Waals surface area (Å²) in [6, 6.07) is 4.38. The zero-order chi connectivity index (χ0) is 12.8. The lowest BCUT2D eigenvalue weighted by atomic mass is 9.75. The molecule has 2 atom stereocenters. The van der Waals surface area contributed by atoms with Gasteiger partial charge in [0.25, 0.3) is 0 Å². The van der Waals surface area contributed by atoms with Crippen LogP contribution in [0.15, 0.2) is 18.2 Å². The molecule has 98 valence electrons. The Morgan fingerprint density at radius 3 is 2.89 bits per heavy atom. The molecular formula is C15H19FO2. The van der Waals surface area contributed by atoms with Crippen molar-refractivity contribution in [1.82, 2.24) is 0 Å². The highest BCUT2D eigenvalue weighted by atomic mass is 19.1. The van der Waals surface area contributed by atoms with Crippen LogP contribution in [0.4, 0.5) is 4.39 Å². The molecule has 2 nitrogen and oxygen atoms in total. The van der Waals surface area contributed by atoms with Gasteiger partial charge in [-0.1, -0.05) is 19.3 Å². The van der Waals surface area contributed by atoms with Gasteiger partial charge in [-0.3, -0.25) is 0 Å². The number of aliphatic hydroxyl groups is 1. The van der Waals surface area contributed by atoms with Gasteiger partial charge < -0.3 is 9.84 Å². The second-order valence-electron chi connectivity index (χ2n) is 5.96. The smallest absolute Gasteiger partial charge is 0.128 e. The summed E-state index contributed by atoms with van der Waals surface area (Å²) in [5.74, 6) is 0.904. The number of fused-ring (bicyclic) bond motifs is 1. The van der Waals surface area contributed by atoms with Gasteiger partial charge in [-0.2, -0.15) is 0 Å². The van der Waals surface area contributed by atoms with Gasteiger partial charge >= 0.3 is 0 Å². The molecule has 1 unspecified atom stereocenters. The SMILES string of the molecule is CC1(CC2CCC2)C[C@H](O)c2ccc(F)cc2O1. The molecule has 0 spiro atoms. The standard InChI is InChI=1S/C15H19FO2/c1-15(8-10-3-2-4-10)9-13(17)12-6-5-11(16)7-14(12)18-15/h5-7,10,13,17H,2-4,8-9H2,1H3/t13-,15?/m0/s1. The molecule has 18 heavy (non-hydrogen) atoms. The second kappa shape index (κ2) is 4.23. The van der Waals surface area contributed by atoms with Crippen LogP contribution in [0.1, 0.15) is 50.7 Å². The summed E-state index contributed by atoms with van der Waals surface area (Å²) in [5, 5.41) is 10.2. The van der Waals surface area contributed by atoms with Crippen molar-refractivity contribution in [3.63, 3.8) is 0 Å². The first-order valence-corrected chi connectivity index (χ1v) is 6.72. The van der Waals surface area contributed by atoms with Crippen molar-refractivity contribution in [1.29, 1.82) is 0 Å². The quantitative estimate of drug-likeness (QED) is 0.869. The molecule has 0 saturated heterocycles. The fourth-order valence-corrected chi connectivity index (χ4v) is 3.13. The third-order valence-electron chi connectivity index (χ3n) is 4.26. The topological polar surface area (TPSA) is 29.5 Å². The molecule has 1 N–H and O–H groups in total. The van der Waals surface area contributed by atoms with E-state index in [-0.39, 0.29) is 11.4 Å². The van der Waals surface area contributed by atoms with E-state index in [1.54, 1.807) is 6.07 Å². The van der Waals surface area contributed by atoms with Gasteiger partial charge in [0.1, 0.15) is 17.2 Å². The summed E-state index contributed by atoms with van der Waals surface area (Å²) in [6.07, 6.45) is 4.83. The predicted molar refractivity (Wildman–Crippen MR) is 67.0 cm³/mol. The van der Waals surface area contributed by atoms with Crippen LogP contribution in [0.3, 0.4) is 0 Å². The molecule has 2 aliphatic rings. The van der Waals surface area contributed by atoms with Crippen molar-refractivity contribution < 1.29 is 14.2 Å². The van der Waals surface area contributed by atoms with E-state index < -0.39 is 6.10 Å². The largest absolute Gasteiger partial charge is 0.487 e. The molecule has 1 fully saturated rings. The molecule has 1 aliphatic carbocycles. The van der Waals surface area contributed by atoms with Crippen molar-refractivity contribution in [3.05, 3.63) is 29.6 Å². The van der Waals surface area contributed by atoms with E-state index in [9.17, 15) is 9.50 Å². The van der Waals surface area contributed by atoms with Gasteiger partial charge in [-0.25, -0.2) is 4.39 Å². The summed E-state index contributed by atoms with van der Waals surface area (Å²) < 4.78 is 19.2. The molecule has 0 amide bonds. The molecule has 0 bridgehead atoms. The number of ether oxygens (including phenoxy) is 1. The molecule has 1 aromatic rings.